The maximum absolute atomic E-state index is 10.7. The molecule has 1 saturated heterocycles. The lowest BCUT2D eigenvalue weighted by molar-refractivity contribution is -0.385. The van der Waals surface area contributed by atoms with E-state index in [1.165, 1.54) is 12.1 Å². The van der Waals surface area contributed by atoms with Crippen molar-refractivity contribution < 1.29 is 14.8 Å². The van der Waals surface area contributed by atoms with Gasteiger partial charge in [-0.2, -0.15) is 5.26 Å². The Hall–Kier alpha value is -2.69. The number of nitrogens with zero attached hydrogens (tertiary/aromatic N) is 4. The van der Waals surface area contributed by atoms with Gasteiger partial charge in [0.15, 0.2) is 0 Å². The quantitative estimate of drug-likeness (QED) is 0.647. The van der Waals surface area contributed by atoms with Crippen molar-refractivity contribution in [2.24, 2.45) is 5.92 Å². The number of pyridine rings is 1. The maximum Gasteiger partial charge on any atom is 0.305 e. The number of aromatic nitrogens is 1. The van der Waals surface area contributed by atoms with Crippen molar-refractivity contribution in [3.05, 3.63) is 27.9 Å². The fourth-order valence-corrected chi connectivity index (χ4v) is 2.30. The molecule has 0 aromatic carbocycles. The van der Waals surface area contributed by atoms with Crippen LogP contribution in [0.5, 0.6) is 0 Å². The molecule has 0 spiro atoms. The molecule has 1 aromatic heterocycles. The highest BCUT2D eigenvalue weighted by Crippen LogP contribution is 2.26. The Morgan fingerprint density at radius 3 is 3.00 bits per heavy atom. The van der Waals surface area contributed by atoms with Gasteiger partial charge in [0, 0.05) is 25.6 Å². The minimum Gasteiger partial charge on any atom is -0.481 e. The van der Waals surface area contributed by atoms with Crippen LogP contribution >= 0.6 is 0 Å². The number of carboxylic acids is 1. The molecule has 0 bridgehead atoms. The second-order valence-corrected chi connectivity index (χ2v) is 4.60. The van der Waals surface area contributed by atoms with Gasteiger partial charge in [-0.3, -0.25) is 14.9 Å². The summed E-state index contributed by atoms with van der Waals surface area (Å²) in [7, 11) is 0. The molecule has 104 valence electrons. The third-order valence-electron chi connectivity index (χ3n) is 3.23. The van der Waals surface area contributed by atoms with Gasteiger partial charge in [0.05, 0.1) is 4.92 Å². The molecule has 8 heteroatoms. The summed E-state index contributed by atoms with van der Waals surface area (Å²) in [5, 5.41) is 28.4. The summed E-state index contributed by atoms with van der Waals surface area (Å²) in [5.41, 5.74) is -0.549. The maximum atomic E-state index is 10.7. The zero-order valence-electron chi connectivity index (χ0n) is 10.5. The van der Waals surface area contributed by atoms with Gasteiger partial charge in [-0.15, -0.1) is 0 Å². The van der Waals surface area contributed by atoms with E-state index in [0.717, 1.165) is 6.42 Å². The van der Waals surface area contributed by atoms with Gasteiger partial charge in [-0.05, 0) is 18.4 Å². The first-order chi connectivity index (χ1) is 9.51. The summed E-state index contributed by atoms with van der Waals surface area (Å²) in [6.45, 7) is 1.16. The number of hydrogen-bond acceptors (Lipinski definition) is 6. The Bertz CT molecular complexity index is 596. The van der Waals surface area contributed by atoms with Crippen molar-refractivity contribution in [2.45, 2.75) is 12.8 Å². The first-order valence-corrected chi connectivity index (χ1v) is 6.03. The normalized spacial score (nSPS) is 17.8. The van der Waals surface area contributed by atoms with Crippen molar-refractivity contribution in [2.75, 3.05) is 18.0 Å². The molecule has 8 nitrogen and oxygen atoms in total. The third kappa shape index (κ3) is 2.83. The standard InChI is InChI=1S/C12H12N4O4/c13-6-9-10(16(19)20)1-2-11(14-9)15-4-3-8(7-15)5-12(17)18/h1-2,8H,3-5,7H2,(H,17,18). The highest BCUT2D eigenvalue weighted by Gasteiger charge is 2.26. The highest BCUT2D eigenvalue weighted by atomic mass is 16.6. The molecule has 1 unspecified atom stereocenters. The number of hydrogen-bond donors (Lipinski definition) is 1. The molecule has 1 aliphatic rings. The summed E-state index contributed by atoms with van der Waals surface area (Å²) >= 11 is 0. The van der Waals surface area contributed by atoms with Gasteiger partial charge in [0.1, 0.15) is 11.9 Å². The third-order valence-corrected chi connectivity index (χ3v) is 3.23. The SMILES string of the molecule is N#Cc1nc(N2CCC(CC(=O)O)C2)ccc1[N+](=O)[O-]. The molecular weight excluding hydrogens is 264 g/mol. The van der Waals surface area contributed by atoms with Crippen LogP contribution in [0.4, 0.5) is 11.5 Å². The molecule has 0 amide bonds. The van der Waals surface area contributed by atoms with Crippen LogP contribution in [-0.4, -0.2) is 34.1 Å². The Morgan fingerprint density at radius 2 is 2.40 bits per heavy atom. The minimum absolute atomic E-state index is 0.0371. The van der Waals surface area contributed by atoms with E-state index >= 15 is 0 Å². The Labute approximate surface area is 114 Å². The highest BCUT2D eigenvalue weighted by molar-refractivity contribution is 5.67. The van der Waals surface area contributed by atoms with Crippen LogP contribution in [0.1, 0.15) is 18.5 Å². The Balaban J connectivity index is 2.17. The zero-order valence-corrected chi connectivity index (χ0v) is 10.5. The Kier molecular flexibility index (Phi) is 3.79. The lowest BCUT2D eigenvalue weighted by Gasteiger charge is -2.17. The van der Waals surface area contributed by atoms with Crippen LogP contribution in [0.15, 0.2) is 12.1 Å². The van der Waals surface area contributed by atoms with Crippen LogP contribution in [0.25, 0.3) is 0 Å². The molecule has 1 fully saturated rings. The number of carbonyl (C=O) groups is 1. The number of nitriles is 1. The molecule has 1 N–H and O–H groups in total. The van der Waals surface area contributed by atoms with E-state index in [0.29, 0.717) is 18.9 Å². The van der Waals surface area contributed by atoms with E-state index in [2.05, 4.69) is 4.98 Å². The lowest BCUT2D eigenvalue weighted by Crippen LogP contribution is -2.22. The van der Waals surface area contributed by atoms with Gasteiger partial charge >= 0.3 is 11.7 Å². The summed E-state index contributed by atoms with van der Waals surface area (Å²) in [6.07, 6.45) is 0.821. The van der Waals surface area contributed by atoms with Crippen LogP contribution < -0.4 is 4.90 Å². The van der Waals surface area contributed by atoms with Crippen molar-refractivity contribution >= 4 is 17.5 Å². The van der Waals surface area contributed by atoms with E-state index in [1.807, 2.05) is 4.90 Å². The summed E-state index contributed by atoms with van der Waals surface area (Å²) in [5.74, 6) is -0.332. The first-order valence-electron chi connectivity index (χ1n) is 6.03. The molecule has 0 saturated carbocycles. The predicted molar refractivity (Wildman–Crippen MR) is 68.2 cm³/mol. The van der Waals surface area contributed by atoms with E-state index in [4.69, 9.17) is 10.4 Å². The number of aliphatic carboxylic acids is 1. The molecule has 2 rings (SSSR count). The van der Waals surface area contributed by atoms with Gasteiger partial charge < -0.3 is 10.0 Å². The van der Waals surface area contributed by atoms with Crippen molar-refractivity contribution in [1.29, 1.82) is 5.26 Å². The molecule has 2 heterocycles. The number of carboxylic acid groups (broad SMARTS) is 1. The second-order valence-electron chi connectivity index (χ2n) is 4.60. The fourth-order valence-electron chi connectivity index (χ4n) is 2.30. The van der Waals surface area contributed by atoms with E-state index in [1.54, 1.807) is 6.07 Å². The van der Waals surface area contributed by atoms with Gasteiger partial charge in [0.25, 0.3) is 0 Å². The van der Waals surface area contributed by atoms with Gasteiger partial charge in [-0.25, -0.2) is 4.98 Å². The smallest absolute Gasteiger partial charge is 0.305 e. The van der Waals surface area contributed by atoms with Crippen molar-refractivity contribution in [1.82, 2.24) is 4.98 Å². The number of anilines is 1. The Morgan fingerprint density at radius 1 is 1.65 bits per heavy atom. The largest absolute Gasteiger partial charge is 0.481 e. The average molecular weight is 276 g/mol. The molecule has 0 aliphatic carbocycles. The second kappa shape index (κ2) is 5.52. The molecule has 0 radical (unpaired) electrons. The zero-order chi connectivity index (χ0) is 14.7. The molecule has 1 aromatic rings. The number of rotatable bonds is 4. The summed E-state index contributed by atoms with van der Waals surface area (Å²) in [4.78, 5) is 26.6. The first kappa shape index (κ1) is 13.7. The molecular formula is C12H12N4O4. The van der Waals surface area contributed by atoms with E-state index in [9.17, 15) is 14.9 Å². The lowest BCUT2D eigenvalue weighted by atomic mass is 10.1. The van der Waals surface area contributed by atoms with Crippen LogP contribution in [0.2, 0.25) is 0 Å². The van der Waals surface area contributed by atoms with Crippen LogP contribution in [0, 0.1) is 27.4 Å². The minimum atomic E-state index is -0.841. The van der Waals surface area contributed by atoms with E-state index in [-0.39, 0.29) is 23.7 Å². The average Bonchev–Trinajstić information content (AvgIpc) is 2.85. The van der Waals surface area contributed by atoms with Crippen molar-refractivity contribution in [3.8, 4) is 6.07 Å². The topological polar surface area (TPSA) is 120 Å². The predicted octanol–water partition coefficient (Wildman–Crippen LogP) is 1.16. The fraction of sp³-hybridized carbons (Fsp3) is 0.417. The van der Waals surface area contributed by atoms with Crippen LogP contribution in [-0.2, 0) is 4.79 Å². The molecule has 1 aliphatic heterocycles. The van der Waals surface area contributed by atoms with Gasteiger partial charge in [-0.1, -0.05) is 0 Å². The molecule has 1 atom stereocenters. The van der Waals surface area contributed by atoms with Gasteiger partial charge in [0.2, 0.25) is 5.69 Å². The summed E-state index contributed by atoms with van der Waals surface area (Å²) < 4.78 is 0. The van der Waals surface area contributed by atoms with Crippen molar-refractivity contribution in [3.63, 3.8) is 0 Å². The monoisotopic (exact) mass is 276 g/mol. The van der Waals surface area contributed by atoms with Crippen LogP contribution in [0.3, 0.4) is 0 Å². The molecule has 20 heavy (non-hydrogen) atoms. The summed E-state index contributed by atoms with van der Waals surface area (Å²) in [6, 6.07) is 4.45. The number of nitro groups is 1. The van der Waals surface area contributed by atoms with E-state index < -0.39 is 10.9 Å².